The summed E-state index contributed by atoms with van der Waals surface area (Å²) < 4.78 is 22.3. The summed E-state index contributed by atoms with van der Waals surface area (Å²) in [6, 6.07) is 0. The zero-order valence-electron chi connectivity index (χ0n) is 7.86. The second kappa shape index (κ2) is 3.66. The minimum Gasteiger partial charge on any atom is -0.374 e. The van der Waals surface area contributed by atoms with Gasteiger partial charge in [-0.15, -0.1) is 0 Å². The Kier molecular flexibility index (Phi) is 3.13. The van der Waals surface area contributed by atoms with Gasteiger partial charge < -0.3 is 24.9 Å². The van der Waals surface area contributed by atoms with Crippen LogP contribution in [0.2, 0.25) is 0 Å². The van der Waals surface area contributed by atoms with Crippen LogP contribution in [0.3, 0.4) is 0 Å². The van der Waals surface area contributed by atoms with Gasteiger partial charge in [-0.2, -0.15) is 0 Å². The van der Waals surface area contributed by atoms with Crippen LogP contribution in [-0.2, 0) is 9.13 Å². The van der Waals surface area contributed by atoms with Crippen molar-refractivity contribution in [3.05, 3.63) is 0 Å². The summed E-state index contributed by atoms with van der Waals surface area (Å²) in [5.41, 5.74) is 0. The van der Waals surface area contributed by atoms with Gasteiger partial charge in [-0.25, -0.2) is 4.99 Å². The average Bonchev–Trinajstić information content (AvgIpc) is 1.99. The molecule has 0 aromatic rings. The molecule has 0 aromatic carbocycles. The van der Waals surface area contributed by atoms with E-state index in [1.165, 1.54) is 6.92 Å². The summed E-state index contributed by atoms with van der Waals surface area (Å²) in [6.07, 6.45) is -0.404. The second-order valence-electron chi connectivity index (χ2n) is 3.24. The summed E-state index contributed by atoms with van der Waals surface area (Å²) in [6.45, 7) is 1.45. The highest BCUT2D eigenvalue weighted by atomic mass is 31.2. The fourth-order valence-corrected chi connectivity index (χ4v) is 4.09. The molecule has 15 heavy (non-hydrogen) atoms. The van der Waals surface area contributed by atoms with Gasteiger partial charge in [0.1, 0.15) is 0 Å². The average molecular weight is 258 g/mol. The third kappa shape index (κ3) is 2.15. The number of nitrogens with one attached hydrogen (secondary N) is 1. The molecule has 0 aromatic heterocycles. The lowest BCUT2D eigenvalue weighted by atomic mass is 10.3. The Morgan fingerprint density at radius 3 is 2.00 bits per heavy atom. The normalized spacial score (nSPS) is 21.8. The van der Waals surface area contributed by atoms with Gasteiger partial charge in [-0.3, -0.25) is 9.13 Å². The summed E-state index contributed by atoms with van der Waals surface area (Å²) in [5.74, 6) is 0.105. The highest BCUT2D eigenvalue weighted by molar-refractivity contribution is 7.72. The summed E-state index contributed by atoms with van der Waals surface area (Å²) >= 11 is 0. The van der Waals surface area contributed by atoms with Crippen LogP contribution in [0.1, 0.15) is 13.3 Å². The molecule has 1 heterocycles. The molecule has 88 valence electrons. The van der Waals surface area contributed by atoms with Crippen molar-refractivity contribution < 1.29 is 28.7 Å². The molecule has 0 saturated carbocycles. The van der Waals surface area contributed by atoms with Gasteiger partial charge in [-0.05, 0) is 6.92 Å². The first kappa shape index (κ1) is 12.8. The summed E-state index contributed by atoms with van der Waals surface area (Å²) in [5, 5.41) is 0.0285. The monoisotopic (exact) mass is 258 g/mol. The van der Waals surface area contributed by atoms with Gasteiger partial charge in [0, 0.05) is 13.0 Å². The predicted octanol–water partition coefficient (Wildman–Crippen LogP) is -0.593. The van der Waals surface area contributed by atoms with Gasteiger partial charge >= 0.3 is 15.2 Å². The van der Waals surface area contributed by atoms with Crippen molar-refractivity contribution in [2.24, 2.45) is 4.99 Å². The van der Waals surface area contributed by atoms with Crippen LogP contribution in [0.4, 0.5) is 0 Å². The SMILES string of the molecule is CC1=NC(P(=O)(O)O)(P(=O)(O)O)CCN1. The Morgan fingerprint density at radius 1 is 1.27 bits per heavy atom. The molecule has 0 saturated heterocycles. The molecule has 0 fully saturated rings. The van der Waals surface area contributed by atoms with Crippen LogP contribution >= 0.6 is 15.2 Å². The van der Waals surface area contributed by atoms with E-state index in [1.54, 1.807) is 0 Å². The lowest BCUT2D eigenvalue weighted by Gasteiger charge is -2.34. The first-order valence-electron chi connectivity index (χ1n) is 4.02. The molecule has 0 atom stereocenters. The zero-order chi connectivity index (χ0) is 11.9. The van der Waals surface area contributed by atoms with E-state index in [0.29, 0.717) is 0 Å². The van der Waals surface area contributed by atoms with Gasteiger partial charge in [0.2, 0.25) is 0 Å². The largest absolute Gasteiger partial charge is 0.374 e. The summed E-state index contributed by atoms with van der Waals surface area (Å²) in [4.78, 5) is 39.6. The topological polar surface area (TPSA) is 139 Å². The van der Waals surface area contributed by atoms with Gasteiger partial charge in [0.25, 0.3) is 5.02 Å². The molecule has 0 radical (unpaired) electrons. The van der Waals surface area contributed by atoms with Crippen LogP contribution in [0.15, 0.2) is 4.99 Å². The van der Waals surface area contributed by atoms with E-state index in [9.17, 15) is 9.13 Å². The maximum atomic E-state index is 11.2. The Morgan fingerprint density at radius 2 is 1.73 bits per heavy atom. The molecular weight excluding hydrogens is 246 g/mol. The fourth-order valence-electron chi connectivity index (χ4n) is 1.37. The molecule has 5 N–H and O–H groups in total. The third-order valence-electron chi connectivity index (χ3n) is 2.12. The van der Waals surface area contributed by atoms with Crippen molar-refractivity contribution in [2.75, 3.05) is 6.54 Å². The van der Waals surface area contributed by atoms with E-state index < -0.39 is 26.6 Å². The lowest BCUT2D eigenvalue weighted by Crippen LogP contribution is -2.40. The molecule has 0 bridgehead atoms. The van der Waals surface area contributed by atoms with E-state index in [2.05, 4.69) is 10.3 Å². The quantitative estimate of drug-likeness (QED) is 0.417. The Labute approximate surface area is 85.7 Å². The maximum absolute atomic E-state index is 11.2. The van der Waals surface area contributed by atoms with Crippen LogP contribution < -0.4 is 5.32 Å². The van der Waals surface area contributed by atoms with Crippen molar-refractivity contribution in [3.8, 4) is 0 Å². The zero-order valence-corrected chi connectivity index (χ0v) is 9.65. The van der Waals surface area contributed by atoms with Crippen LogP contribution in [0.5, 0.6) is 0 Å². The van der Waals surface area contributed by atoms with E-state index >= 15 is 0 Å². The van der Waals surface area contributed by atoms with Crippen LogP contribution in [-0.4, -0.2) is 37.0 Å². The van der Waals surface area contributed by atoms with Crippen molar-refractivity contribution >= 4 is 21.0 Å². The number of hydrogen-bond donors (Lipinski definition) is 5. The highest BCUT2D eigenvalue weighted by Crippen LogP contribution is 2.71. The Bertz CT molecular complexity index is 359. The third-order valence-corrected chi connectivity index (χ3v) is 6.20. The van der Waals surface area contributed by atoms with Crippen molar-refractivity contribution in [1.82, 2.24) is 5.32 Å². The van der Waals surface area contributed by atoms with Crippen molar-refractivity contribution in [1.29, 1.82) is 0 Å². The smallest absolute Gasteiger partial charge is 0.365 e. The van der Waals surface area contributed by atoms with Gasteiger partial charge in [0.15, 0.2) is 0 Å². The van der Waals surface area contributed by atoms with Crippen molar-refractivity contribution in [3.63, 3.8) is 0 Å². The molecule has 1 rings (SSSR count). The number of nitrogens with zero attached hydrogens (tertiary/aromatic N) is 1. The first-order chi connectivity index (χ1) is 6.60. The molecule has 1 aliphatic rings. The number of rotatable bonds is 2. The molecular formula is C5H12N2O6P2. The first-order valence-corrected chi connectivity index (χ1v) is 7.24. The fraction of sp³-hybridized carbons (Fsp3) is 0.800. The lowest BCUT2D eigenvalue weighted by molar-refractivity contribution is 0.300. The van der Waals surface area contributed by atoms with Crippen LogP contribution in [0, 0.1) is 0 Å². The van der Waals surface area contributed by atoms with Gasteiger partial charge in [0.05, 0.1) is 5.84 Å². The minimum atomic E-state index is -5.02. The molecule has 8 nitrogen and oxygen atoms in total. The number of amidine groups is 1. The summed E-state index contributed by atoms with van der Waals surface area (Å²) in [7, 11) is -10.0. The highest BCUT2D eigenvalue weighted by Gasteiger charge is 2.61. The second-order valence-corrected chi connectivity index (χ2v) is 7.24. The van der Waals surface area contributed by atoms with E-state index in [-0.39, 0.29) is 12.4 Å². The predicted molar refractivity (Wildman–Crippen MR) is 52.5 cm³/mol. The van der Waals surface area contributed by atoms with Crippen molar-refractivity contribution in [2.45, 2.75) is 18.4 Å². The molecule has 0 amide bonds. The van der Waals surface area contributed by atoms with E-state index in [1.807, 2.05) is 0 Å². The van der Waals surface area contributed by atoms with E-state index in [0.717, 1.165) is 0 Å². The molecule has 10 heteroatoms. The number of aliphatic imine (C=N–C) groups is 1. The molecule has 1 aliphatic heterocycles. The standard InChI is InChI=1S/C5H12N2O6P2/c1-4-6-3-2-5(7-4,14(8,9)10)15(11,12)13/h2-3H2,1H3,(H,6,7)(H2,8,9,10)(H2,11,12,13). The Hall–Kier alpha value is -0.230. The minimum absolute atomic E-state index is 0.0611. The van der Waals surface area contributed by atoms with Crippen LogP contribution in [0.25, 0.3) is 0 Å². The van der Waals surface area contributed by atoms with E-state index in [4.69, 9.17) is 19.6 Å². The molecule has 0 aliphatic carbocycles. The van der Waals surface area contributed by atoms with Gasteiger partial charge in [-0.1, -0.05) is 0 Å². The molecule has 0 unspecified atom stereocenters. The molecule has 0 spiro atoms. The maximum Gasteiger partial charge on any atom is 0.365 e. The Balaban J connectivity index is 3.39. The number of hydrogen-bond acceptors (Lipinski definition) is 4.